The molecule has 2 aliphatic rings. The van der Waals surface area contributed by atoms with Gasteiger partial charge in [0.1, 0.15) is 0 Å². The molecule has 0 aromatic carbocycles. The van der Waals surface area contributed by atoms with E-state index in [-0.39, 0.29) is 5.54 Å². The van der Waals surface area contributed by atoms with Crippen molar-refractivity contribution >= 4 is 0 Å². The minimum atomic E-state index is 0.151. The second-order valence-electron chi connectivity index (χ2n) is 4.27. The molecule has 2 rings (SSSR count). The first-order valence-electron chi connectivity index (χ1n) is 4.77. The van der Waals surface area contributed by atoms with Crippen molar-refractivity contribution < 1.29 is 4.74 Å². The van der Waals surface area contributed by atoms with Gasteiger partial charge < -0.3 is 15.8 Å². The van der Waals surface area contributed by atoms with Crippen molar-refractivity contribution in [1.82, 2.24) is 5.32 Å². The molecule has 2 saturated carbocycles. The van der Waals surface area contributed by atoms with E-state index in [1.54, 1.807) is 7.11 Å². The lowest BCUT2D eigenvalue weighted by Crippen LogP contribution is -2.49. The lowest BCUT2D eigenvalue weighted by Gasteiger charge is -2.35. The molecule has 0 spiro atoms. The van der Waals surface area contributed by atoms with Crippen LogP contribution >= 0.6 is 0 Å². The van der Waals surface area contributed by atoms with Gasteiger partial charge in [-0.3, -0.25) is 0 Å². The van der Waals surface area contributed by atoms with Gasteiger partial charge in [-0.2, -0.15) is 0 Å². The maximum absolute atomic E-state index is 5.95. The van der Waals surface area contributed by atoms with Crippen LogP contribution in [0.2, 0.25) is 0 Å². The van der Waals surface area contributed by atoms with Crippen LogP contribution in [-0.4, -0.2) is 31.3 Å². The van der Waals surface area contributed by atoms with Crippen molar-refractivity contribution in [3.63, 3.8) is 0 Å². The molecule has 0 aliphatic heterocycles. The fraction of sp³-hybridized carbons (Fsp3) is 1.00. The molecule has 70 valence electrons. The highest BCUT2D eigenvalue weighted by molar-refractivity contribution is 5.02. The van der Waals surface area contributed by atoms with Crippen molar-refractivity contribution in [2.24, 2.45) is 5.73 Å². The molecule has 0 unspecified atom stereocenters. The van der Waals surface area contributed by atoms with Crippen LogP contribution in [0.3, 0.4) is 0 Å². The van der Waals surface area contributed by atoms with Crippen LogP contribution in [0.4, 0.5) is 0 Å². The van der Waals surface area contributed by atoms with E-state index in [0.29, 0.717) is 12.1 Å². The van der Waals surface area contributed by atoms with E-state index in [4.69, 9.17) is 10.5 Å². The molecule has 0 atom stereocenters. The molecular formula is C9H18N2O. The quantitative estimate of drug-likeness (QED) is 0.635. The zero-order chi connectivity index (χ0) is 8.60. The summed E-state index contributed by atoms with van der Waals surface area (Å²) < 4.78 is 5.19. The maximum atomic E-state index is 5.95. The molecule has 0 saturated heterocycles. The Morgan fingerprint density at radius 2 is 2.17 bits per heavy atom. The smallest absolute Gasteiger partial charge is 0.0601 e. The Morgan fingerprint density at radius 1 is 1.50 bits per heavy atom. The minimum Gasteiger partial charge on any atom is -0.381 e. The van der Waals surface area contributed by atoms with Crippen molar-refractivity contribution in [3.05, 3.63) is 0 Å². The molecule has 0 aromatic heterocycles. The maximum Gasteiger partial charge on any atom is 0.0601 e. The molecule has 3 N–H and O–H groups in total. The van der Waals surface area contributed by atoms with Crippen LogP contribution in [0.5, 0.6) is 0 Å². The van der Waals surface area contributed by atoms with E-state index < -0.39 is 0 Å². The SMILES string of the molecule is COC1CC(NCC2(N)CC2)C1. The molecule has 2 aliphatic carbocycles. The largest absolute Gasteiger partial charge is 0.381 e. The van der Waals surface area contributed by atoms with Crippen molar-refractivity contribution in [2.75, 3.05) is 13.7 Å². The molecular weight excluding hydrogens is 152 g/mol. The standard InChI is InChI=1S/C9H18N2O/c1-12-8-4-7(5-8)11-6-9(10)2-3-9/h7-8,11H,2-6,10H2,1H3. The number of ether oxygens (including phenoxy) is 1. The number of rotatable bonds is 4. The Kier molecular flexibility index (Phi) is 2.10. The van der Waals surface area contributed by atoms with Crippen molar-refractivity contribution in [3.8, 4) is 0 Å². The Labute approximate surface area is 73.7 Å². The number of hydrogen-bond donors (Lipinski definition) is 2. The van der Waals surface area contributed by atoms with Gasteiger partial charge >= 0.3 is 0 Å². The summed E-state index contributed by atoms with van der Waals surface area (Å²) in [5.74, 6) is 0. The fourth-order valence-electron chi connectivity index (χ4n) is 1.61. The zero-order valence-electron chi connectivity index (χ0n) is 7.68. The first-order valence-corrected chi connectivity index (χ1v) is 4.77. The molecule has 2 fully saturated rings. The van der Waals surface area contributed by atoms with Crippen LogP contribution in [0.15, 0.2) is 0 Å². The fourth-order valence-corrected chi connectivity index (χ4v) is 1.61. The highest BCUT2D eigenvalue weighted by Gasteiger charge is 2.39. The summed E-state index contributed by atoms with van der Waals surface area (Å²) in [6.45, 7) is 0.994. The molecule has 0 aromatic rings. The minimum absolute atomic E-state index is 0.151. The van der Waals surface area contributed by atoms with Crippen LogP contribution < -0.4 is 11.1 Å². The van der Waals surface area contributed by atoms with Crippen LogP contribution in [0.25, 0.3) is 0 Å². The molecule has 0 amide bonds. The summed E-state index contributed by atoms with van der Waals surface area (Å²) in [6, 6.07) is 0.663. The van der Waals surface area contributed by atoms with Gasteiger partial charge in [-0.15, -0.1) is 0 Å². The Hall–Kier alpha value is -0.120. The molecule has 0 heterocycles. The Balaban J connectivity index is 1.58. The number of hydrogen-bond acceptors (Lipinski definition) is 3. The van der Waals surface area contributed by atoms with Gasteiger partial charge in [-0.05, 0) is 25.7 Å². The van der Waals surface area contributed by atoms with E-state index in [9.17, 15) is 0 Å². The van der Waals surface area contributed by atoms with Crippen molar-refractivity contribution in [1.29, 1.82) is 0 Å². The van der Waals surface area contributed by atoms with E-state index in [0.717, 1.165) is 19.4 Å². The zero-order valence-corrected chi connectivity index (χ0v) is 7.68. The lowest BCUT2D eigenvalue weighted by molar-refractivity contribution is 0.0170. The van der Waals surface area contributed by atoms with E-state index in [1.165, 1.54) is 12.8 Å². The van der Waals surface area contributed by atoms with E-state index >= 15 is 0 Å². The van der Waals surface area contributed by atoms with E-state index in [1.807, 2.05) is 0 Å². The van der Waals surface area contributed by atoms with Crippen LogP contribution in [-0.2, 0) is 4.74 Å². The average molecular weight is 170 g/mol. The number of methoxy groups -OCH3 is 1. The van der Waals surface area contributed by atoms with Gasteiger partial charge in [0, 0.05) is 25.2 Å². The first-order chi connectivity index (χ1) is 5.72. The summed E-state index contributed by atoms with van der Waals surface area (Å²) in [7, 11) is 1.78. The molecule has 0 radical (unpaired) electrons. The molecule has 3 heteroatoms. The highest BCUT2D eigenvalue weighted by Crippen LogP contribution is 2.32. The molecule has 3 nitrogen and oxygen atoms in total. The normalized spacial score (nSPS) is 37.5. The molecule has 12 heavy (non-hydrogen) atoms. The van der Waals surface area contributed by atoms with E-state index in [2.05, 4.69) is 5.32 Å². The third-order valence-electron chi connectivity index (χ3n) is 3.06. The summed E-state index contributed by atoms with van der Waals surface area (Å²) in [4.78, 5) is 0. The van der Waals surface area contributed by atoms with Gasteiger partial charge in [-0.1, -0.05) is 0 Å². The third-order valence-corrected chi connectivity index (χ3v) is 3.06. The predicted molar refractivity (Wildman–Crippen MR) is 48.0 cm³/mol. The Bertz CT molecular complexity index is 162. The highest BCUT2D eigenvalue weighted by atomic mass is 16.5. The summed E-state index contributed by atoms with van der Waals surface area (Å²) in [5.41, 5.74) is 6.10. The monoisotopic (exact) mass is 170 g/mol. The number of nitrogens with two attached hydrogens (primary N) is 1. The predicted octanol–water partition coefficient (Wildman–Crippen LogP) is 0.245. The first kappa shape index (κ1) is 8.48. The van der Waals surface area contributed by atoms with Crippen LogP contribution in [0.1, 0.15) is 25.7 Å². The second-order valence-corrected chi connectivity index (χ2v) is 4.27. The van der Waals surface area contributed by atoms with Gasteiger partial charge in [0.15, 0.2) is 0 Å². The third kappa shape index (κ3) is 1.79. The summed E-state index contributed by atoms with van der Waals surface area (Å²) >= 11 is 0. The molecule has 0 bridgehead atoms. The van der Waals surface area contributed by atoms with Crippen LogP contribution in [0, 0.1) is 0 Å². The Morgan fingerprint density at radius 3 is 2.67 bits per heavy atom. The summed E-state index contributed by atoms with van der Waals surface area (Å²) in [6.07, 6.45) is 5.20. The average Bonchev–Trinajstić information content (AvgIpc) is 2.66. The lowest BCUT2D eigenvalue weighted by atomic mass is 9.89. The van der Waals surface area contributed by atoms with Gasteiger partial charge in [-0.25, -0.2) is 0 Å². The summed E-state index contributed by atoms with van der Waals surface area (Å²) in [5, 5.41) is 3.48. The van der Waals surface area contributed by atoms with Gasteiger partial charge in [0.2, 0.25) is 0 Å². The number of nitrogens with one attached hydrogen (secondary N) is 1. The van der Waals surface area contributed by atoms with Crippen molar-refractivity contribution in [2.45, 2.75) is 43.4 Å². The second kappa shape index (κ2) is 2.98. The van der Waals surface area contributed by atoms with Gasteiger partial charge in [0.05, 0.1) is 6.10 Å². The topological polar surface area (TPSA) is 47.3 Å². The van der Waals surface area contributed by atoms with Gasteiger partial charge in [0.25, 0.3) is 0 Å².